The summed E-state index contributed by atoms with van der Waals surface area (Å²) in [5, 5.41) is 12.5. The van der Waals surface area contributed by atoms with Gasteiger partial charge in [0.2, 0.25) is 0 Å². The molecule has 0 saturated carbocycles. The van der Waals surface area contributed by atoms with Crippen LogP contribution in [0.5, 0.6) is 0 Å². The molecular formula is C11H16N4. The van der Waals surface area contributed by atoms with Gasteiger partial charge in [-0.1, -0.05) is 13.8 Å². The van der Waals surface area contributed by atoms with E-state index in [1.54, 1.807) is 4.63 Å². The summed E-state index contributed by atoms with van der Waals surface area (Å²) in [5.41, 5.74) is 5.60. The molecule has 80 valence electrons. The van der Waals surface area contributed by atoms with Gasteiger partial charge >= 0.3 is 0 Å². The van der Waals surface area contributed by atoms with Crippen LogP contribution >= 0.6 is 0 Å². The highest BCUT2D eigenvalue weighted by Crippen LogP contribution is 2.26. The van der Waals surface area contributed by atoms with Gasteiger partial charge in [0.15, 0.2) is 0 Å². The van der Waals surface area contributed by atoms with Crippen LogP contribution in [0.4, 0.5) is 0 Å². The van der Waals surface area contributed by atoms with Crippen molar-refractivity contribution in [3.8, 4) is 0 Å². The minimum atomic E-state index is 0.463. The third kappa shape index (κ3) is 1.40. The summed E-state index contributed by atoms with van der Waals surface area (Å²) < 4.78 is 1.65. The molecule has 0 N–H and O–H groups in total. The lowest BCUT2D eigenvalue weighted by Crippen LogP contribution is -2.02. The third-order valence-corrected chi connectivity index (χ3v) is 2.84. The Morgan fingerprint density at radius 2 is 1.73 bits per heavy atom. The van der Waals surface area contributed by atoms with E-state index in [1.807, 2.05) is 13.8 Å². The van der Waals surface area contributed by atoms with E-state index in [2.05, 4.69) is 36.2 Å². The van der Waals surface area contributed by atoms with Crippen molar-refractivity contribution in [2.45, 2.75) is 40.5 Å². The molecule has 0 amide bonds. The van der Waals surface area contributed by atoms with Crippen LogP contribution in [0.1, 0.15) is 42.3 Å². The smallest absolute Gasteiger partial charge is 0.0975 e. The van der Waals surface area contributed by atoms with Crippen molar-refractivity contribution < 1.29 is 0 Å². The molecule has 0 spiro atoms. The quantitative estimate of drug-likeness (QED) is 0.715. The molecule has 2 rings (SSSR count). The zero-order chi connectivity index (χ0) is 11.2. The highest BCUT2D eigenvalue weighted by Gasteiger charge is 2.16. The molecule has 4 nitrogen and oxygen atoms in total. The van der Waals surface area contributed by atoms with E-state index in [9.17, 15) is 0 Å². The third-order valence-electron chi connectivity index (χ3n) is 2.84. The van der Waals surface area contributed by atoms with E-state index in [1.165, 1.54) is 11.1 Å². The zero-order valence-electron chi connectivity index (χ0n) is 9.87. The van der Waals surface area contributed by atoms with Crippen LogP contribution in [0, 0.1) is 20.8 Å². The maximum atomic E-state index is 4.38. The maximum absolute atomic E-state index is 4.38. The van der Waals surface area contributed by atoms with Gasteiger partial charge in [-0.2, -0.15) is 5.10 Å². The average Bonchev–Trinajstić information content (AvgIpc) is 2.49. The fraction of sp³-hybridized carbons (Fsp3) is 0.545. The number of hydrogen-bond acceptors (Lipinski definition) is 3. The Bertz CT molecular complexity index is 511. The monoisotopic (exact) mass is 204 g/mol. The maximum Gasteiger partial charge on any atom is 0.0975 e. The first kappa shape index (κ1) is 10.1. The summed E-state index contributed by atoms with van der Waals surface area (Å²) in [7, 11) is 0. The second-order valence-electron chi connectivity index (χ2n) is 4.29. The predicted molar refractivity (Wildman–Crippen MR) is 59.1 cm³/mol. The highest BCUT2D eigenvalue weighted by atomic mass is 15.5. The first-order valence-corrected chi connectivity index (χ1v) is 5.21. The van der Waals surface area contributed by atoms with Crippen molar-refractivity contribution in [1.82, 2.24) is 20.0 Å². The molecule has 4 heteroatoms. The minimum Gasteiger partial charge on any atom is -0.154 e. The van der Waals surface area contributed by atoms with Gasteiger partial charge in [0.05, 0.1) is 16.9 Å². The second kappa shape index (κ2) is 3.29. The van der Waals surface area contributed by atoms with Gasteiger partial charge in [-0.15, -0.1) is 9.73 Å². The van der Waals surface area contributed by atoms with Gasteiger partial charge in [0.25, 0.3) is 0 Å². The molecule has 0 aliphatic carbocycles. The van der Waals surface area contributed by atoms with Crippen molar-refractivity contribution in [1.29, 1.82) is 0 Å². The number of fused-ring (bicyclic) bond motifs is 1. The van der Waals surface area contributed by atoms with Gasteiger partial charge in [-0.05, 0) is 31.9 Å². The Labute approximate surface area is 89.3 Å². The molecular weight excluding hydrogens is 188 g/mol. The van der Waals surface area contributed by atoms with Crippen LogP contribution in [0.3, 0.4) is 0 Å². The summed E-state index contributed by atoms with van der Waals surface area (Å²) in [6, 6.07) is 0. The molecule has 0 aromatic carbocycles. The molecule has 0 fully saturated rings. The first-order chi connectivity index (χ1) is 7.02. The molecule has 2 aromatic heterocycles. The number of nitrogens with zero attached hydrogens (tertiary/aromatic N) is 4. The van der Waals surface area contributed by atoms with Crippen molar-refractivity contribution in [2.24, 2.45) is 0 Å². The van der Waals surface area contributed by atoms with Gasteiger partial charge in [-0.25, -0.2) is 0 Å². The molecule has 15 heavy (non-hydrogen) atoms. The standard InChI is InChI=1S/C11H16N4/c1-6(2)10-9(5)13-15-11(10)7(3)8(4)12-14-15/h6H,1-5H3. The predicted octanol–water partition coefficient (Wildman–Crippen LogP) is 2.17. The van der Waals surface area contributed by atoms with Crippen molar-refractivity contribution in [3.05, 3.63) is 22.5 Å². The lowest BCUT2D eigenvalue weighted by Gasteiger charge is -2.06. The Morgan fingerprint density at radius 1 is 1.07 bits per heavy atom. The van der Waals surface area contributed by atoms with Gasteiger partial charge < -0.3 is 0 Å². The Hall–Kier alpha value is -1.45. The van der Waals surface area contributed by atoms with E-state index in [4.69, 9.17) is 0 Å². The fourth-order valence-electron chi connectivity index (χ4n) is 1.99. The Balaban J connectivity index is 2.90. The summed E-state index contributed by atoms with van der Waals surface area (Å²) in [6.07, 6.45) is 0. The van der Waals surface area contributed by atoms with Crippen LogP contribution in [-0.4, -0.2) is 20.0 Å². The lowest BCUT2D eigenvalue weighted by atomic mass is 10.00. The average molecular weight is 204 g/mol. The molecule has 0 aliphatic heterocycles. The highest BCUT2D eigenvalue weighted by molar-refractivity contribution is 5.63. The van der Waals surface area contributed by atoms with Crippen molar-refractivity contribution in [3.63, 3.8) is 0 Å². The van der Waals surface area contributed by atoms with E-state index in [0.29, 0.717) is 5.92 Å². The largest absolute Gasteiger partial charge is 0.154 e. The Kier molecular flexibility index (Phi) is 2.21. The number of hydrogen-bond donors (Lipinski definition) is 0. The number of aryl methyl sites for hydroxylation is 3. The Morgan fingerprint density at radius 3 is 2.33 bits per heavy atom. The van der Waals surface area contributed by atoms with Crippen LogP contribution < -0.4 is 0 Å². The minimum absolute atomic E-state index is 0.463. The summed E-state index contributed by atoms with van der Waals surface area (Å²) in [5.74, 6) is 0.463. The fourth-order valence-corrected chi connectivity index (χ4v) is 1.99. The van der Waals surface area contributed by atoms with Crippen molar-refractivity contribution >= 4 is 5.52 Å². The molecule has 2 aromatic rings. The molecule has 0 unspecified atom stereocenters. The SMILES string of the molecule is Cc1nnn2nc(C)c(C(C)C)c2c1C. The van der Waals surface area contributed by atoms with Crippen molar-refractivity contribution in [2.75, 3.05) is 0 Å². The normalized spacial score (nSPS) is 11.6. The van der Waals surface area contributed by atoms with Gasteiger partial charge in [0, 0.05) is 11.1 Å². The van der Waals surface area contributed by atoms with E-state index < -0.39 is 0 Å². The van der Waals surface area contributed by atoms with Crippen LogP contribution in [-0.2, 0) is 0 Å². The summed E-state index contributed by atoms with van der Waals surface area (Å²) in [4.78, 5) is 0. The second-order valence-corrected chi connectivity index (χ2v) is 4.29. The lowest BCUT2D eigenvalue weighted by molar-refractivity contribution is 0.696. The summed E-state index contributed by atoms with van der Waals surface area (Å²) >= 11 is 0. The molecule has 0 saturated heterocycles. The van der Waals surface area contributed by atoms with E-state index in [0.717, 1.165) is 16.9 Å². The number of aromatic nitrogens is 4. The van der Waals surface area contributed by atoms with Crippen LogP contribution in [0.2, 0.25) is 0 Å². The van der Waals surface area contributed by atoms with E-state index >= 15 is 0 Å². The number of rotatable bonds is 1. The van der Waals surface area contributed by atoms with Gasteiger partial charge in [-0.3, -0.25) is 0 Å². The zero-order valence-corrected chi connectivity index (χ0v) is 9.87. The molecule has 0 atom stereocenters. The molecule has 0 bridgehead atoms. The molecule has 2 heterocycles. The van der Waals surface area contributed by atoms with E-state index in [-0.39, 0.29) is 0 Å². The van der Waals surface area contributed by atoms with Crippen LogP contribution in [0.15, 0.2) is 0 Å². The van der Waals surface area contributed by atoms with Gasteiger partial charge in [0.1, 0.15) is 0 Å². The first-order valence-electron chi connectivity index (χ1n) is 5.21. The topological polar surface area (TPSA) is 43.1 Å². The molecule has 0 aliphatic rings. The summed E-state index contributed by atoms with van der Waals surface area (Å²) in [6.45, 7) is 10.4. The molecule has 0 radical (unpaired) electrons. The van der Waals surface area contributed by atoms with Crippen LogP contribution in [0.25, 0.3) is 5.52 Å².